The van der Waals surface area contributed by atoms with E-state index in [1.165, 1.54) is 11.8 Å². The molecule has 0 atom stereocenters. The summed E-state index contributed by atoms with van der Waals surface area (Å²) in [4.78, 5) is 25.0. The summed E-state index contributed by atoms with van der Waals surface area (Å²) in [6.07, 6.45) is 5.45. The van der Waals surface area contributed by atoms with Crippen LogP contribution in [-0.2, 0) is 11.3 Å². The number of amides is 1. The molecule has 0 saturated heterocycles. The van der Waals surface area contributed by atoms with Crippen molar-refractivity contribution in [3.63, 3.8) is 0 Å². The van der Waals surface area contributed by atoms with Crippen LogP contribution in [-0.4, -0.2) is 39.2 Å². The summed E-state index contributed by atoms with van der Waals surface area (Å²) >= 11 is 7.92. The minimum absolute atomic E-state index is 0.179. The number of unbranched alkanes of at least 4 members (excludes halogenated alkanes) is 3. The molecule has 168 valence electrons. The molecule has 0 saturated carbocycles. The maximum Gasteiger partial charge on any atom is 0.243 e. The Morgan fingerprint density at radius 1 is 1.28 bits per heavy atom. The zero-order valence-corrected chi connectivity index (χ0v) is 18.8. The van der Waals surface area contributed by atoms with E-state index in [9.17, 15) is 4.79 Å². The van der Waals surface area contributed by atoms with Gasteiger partial charge in [0.2, 0.25) is 12.7 Å². The third kappa shape index (κ3) is 4.82. The number of nitrogens with zero attached hydrogens (tertiary/aromatic N) is 4. The molecule has 11 heteroatoms. The number of pyridine rings is 1. The van der Waals surface area contributed by atoms with Crippen LogP contribution in [0.3, 0.4) is 0 Å². The van der Waals surface area contributed by atoms with Crippen LogP contribution in [0.15, 0.2) is 39.4 Å². The largest absolute Gasteiger partial charge is 0.454 e. The Hall–Kier alpha value is -2.82. The second-order valence-electron chi connectivity index (χ2n) is 7.14. The van der Waals surface area contributed by atoms with Crippen molar-refractivity contribution in [1.82, 2.24) is 20.0 Å². The molecule has 4 rings (SSSR count). The first kappa shape index (κ1) is 22.4. The van der Waals surface area contributed by atoms with Crippen LogP contribution in [0.4, 0.5) is 5.82 Å². The minimum Gasteiger partial charge on any atom is -0.454 e. The number of hydrogen-bond acceptors (Lipinski definition) is 8. The Kier molecular flexibility index (Phi) is 7.13. The van der Waals surface area contributed by atoms with Gasteiger partial charge in [0.25, 0.3) is 0 Å². The Labute approximate surface area is 193 Å². The molecule has 0 fully saturated rings. The monoisotopic (exact) mass is 475 g/mol. The number of hydroxylamine groups is 1. The first-order valence-corrected chi connectivity index (χ1v) is 11.3. The lowest BCUT2D eigenvalue weighted by Crippen LogP contribution is -2.17. The molecule has 0 radical (unpaired) electrons. The molecule has 1 amide bonds. The predicted octanol–water partition coefficient (Wildman–Crippen LogP) is 4.75. The summed E-state index contributed by atoms with van der Waals surface area (Å²) in [7, 11) is 0. The highest BCUT2D eigenvalue weighted by Crippen LogP contribution is 2.43. The smallest absolute Gasteiger partial charge is 0.243 e. The number of benzene rings is 1. The van der Waals surface area contributed by atoms with Gasteiger partial charge < -0.3 is 14.0 Å². The van der Waals surface area contributed by atoms with Crippen LogP contribution in [0.1, 0.15) is 32.1 Å². The maximum atomic E-state index is 11.1. The van der Waals surface area contributed by atoms with Crippen molar-refractivity contribution in [1.29, 1.82) is 0 Å². The summed E-state index contributed by atoms with van der Waals surface area (Å²) in [5, 5.41) is 9.89. The highest BCUT2D eigenvalue weighted by atomic mass is 35.5. The number of fused-ring (bicyclic) bond motifs is 2. The van der Waals surface area contributed by atoms with Crippen LogP contribution in [0, 0.1) is 0 Å². The second kappa shape index (κ2) is 10.2. The third-order valence-corrected chi connectivity index (χ3v) is 6.53. The average Bonchev–Trinajstić information content (AvgIpc) is 3.39. The summed E-state index contributed by atoms with van der Waals surface area (Å²) in [5.41, 5.74) is 3.26. The average molecular weight is 476 g/mol. The van der Waals surface area contributed by atoms with Crippen LogP contribution in [0.2, 0.25) is 5.02 Å². The highest BCUT2D eigenvalue weighted by molar-refractivity contribution is 7.99. The van der Waals surface area contributed by atoms with Crippen molar-refractivity contribution >= 4 is 52.8 Å². The van der Waals surface area contributed by atoms with E-state index in [0.717, 1.165) is 47.8 Å². The molecule has 1 aromatic carbocycles. The molecule has 2 aromatic heterocycles. The van der Waals surface area contributed by atoms with Crippen molar-refractivity contribution in [2.45, 2.75) is 48.7 Å². The number of hydrogen-bond donors (Lipinski definition) is 2. The SMILES string of the molecule is C=Nc1nccc2c1nc(Sc1cc3c(cc1Cl)OCO3)n2CCCCCCC(=O)NO. The van der Waals surface area contributed by atoms with Gasteiger partial charge in [0.1, 0.15) is 5.52 Å². The fraction of sp³-hybridized carbons (Fsp3) is 0.333. The van der Waals surface area contributed by atoms with Gasteiger partial charge in [-0.1, -0.05) is 24.4 Å². The summed E-state index contributed by atoms with van der Waals surface area (Å²) in [6.45, 7) is 4.51. The van der Waals surface area contributed by atoms with Gasteiger partial charge in [-0.05, 0) is 43.5 Å². The number of aromatic nitrogens is 3. The second-order valence-corrected chi connectivity index (χ2v) is 8.56. The third-order valence-electron chi connectivity index (χ3n) is 5.05. The number of aryl methyl sites for hydroxylation is 1. The van der Waals surface area contributed by atoms with Crippen LogP contribution in [0.5, 0.6) is 11.5 Å². The lowest BCUT2D eigenvalue weighted by atomic mass is 10.1. The van der Waals surface area contributed by atoms with Crippen LogP contribution < -0.4 is 15.0 Å². The van der Waals surface area contributed by atoms with E-state index in [2.05, 4.69) is 21.3 Å². The molecule has 1 aliphatic rings. The van der Waals surface area contributed by atoms with E-state index in [1.807, 2.05) is 12.1 Å². The van der Waals surface area contributed by atoms with E-state index in [0.29, 0.717) is 34.3 Å². The van der Waals surface area contributed by atoms with Crippen molar-refractivity contribution < 1.29 is 19.5 Å². The van der Waals surface area contributed by atoms with Crippen LogP contribution >= 0.6 is 23.4 Å². The van der Waals surface area contributed by atoms with Gasteiger partial charge >= 0.3 is 0 Å². The van der Waals surface area contributed by atoms with Gasteiger partial charge in [-0.2, -0.15) is 0 Å². The standard InChI is InChI=1S/C21H22ClN5O4S/c1-23-20-19-14(7-8-24-20)27(9-5-3-2-4-6-18(28)26-29)21(25-19)32-17-11-16-15(10-13(17)22)30-12-31-16/h7-8,10-11,29H,1-6,9,12H2,(H,26,28). The van der Waals surface area contributed by atoms with E-state index in [1.54, 1.807) is 17.7 Å². The van der Waals surface area contributed by atoms with E-state index in [4.69, 9.17) is 31.3 Å². The molecule has 9 nitrogen and oxygen atoms in total. The number of aliphatic imine (C=N–C) groups is 1. The van der Waals surface area contributed by atoms with Gasteiger partial charge in [-0.15, -0.1) is 0 Å². The zero-order valence-electron chi connectivity index (χ0n) is 17.2. The number of ether oxygens (including phenoxy) is 2. The minimum atomic E-state index is -0.359. The number of imidazole rings is 1. The number of halogens is 1. The van der Waals surface area contributed by atoms with Gasteiger partial charge in [-0.25, -0.2) is 20.4 Å². The molecule has 3 aromatic rings. The van der Waals surface area contributed by atoms with Crippen LogP contribution in [0.25, 0.3) is 11.0 Å². The molecule has 0 spiro atoms. The number of carbonyl (C=O) groups excluding carboxylic acids is 1. The van der Waals surface area contributed by atoms with E-state index >= 15 is 0 Å². The first-order valence-electron chi connectivity index (χ1n) is 10.1. The normalized spacial score (nSPS) is 12.3. The van der Waals surface area contributed by atoms with Gasteiger partial charge in [0.05, 0.1) is 10.5 Å². The molecule has 0 bridgehead atoms. The summed E-state index contributed by atoms with van der Waals surface area (Å²) in [6, 6.07) is 5.52. The Morgan fingerprint density at radius 3 is 2.84 bits per heavy atom. The molecule has 32 heavy (non-hydrogen) atoms. The fourth-order valence-electron chi connectivity index (χ4n) is 3.47. The predicted molar refractivity (Wildman–Crippen MR) is 121 cm³/mol. The molecule has 3 heterocycles. The van der Waals surface area contributed by atoms with Crippen molar-refractivity contribution in [2.24, 2.45) is 4.99 Å². The zero-order chi connectivity index (χ0) is 22.5. The lowest BCUT2D eigenvalue weighted by Gasteiger charge is -2.10. The molecular formula is C21H22ClN5O4S. The van der Waals surface area contributed by atoms with Crippen molar-refractivity contribution in [3.8, 4) is 11.5 Å². The Balaban J connectivity index is 1.55. The lowest BCUT2D eigenvalue weighted by molar-refractivity contribution is -0.129. The van der Waals surface area contributed by atoms with Gasteiger partial charge in [0.15, 0.2) is 22.5 Å². The number of rotatable bonds is 10. The topological polar surface area (TPSA) is 111 Å². The number of nitrogens with one attached hydrogen (secondary N) is 1. The first-order chi connectivity index (χ1) is 15.6. The quantitative estimate of drug-likeness (QED) is 0.188. The number of carbonyl (C=O) groups is 1. The molecule has 2 N–H and O–H groups in total. The maximum absolute atomic E-state index is 11.1. The fourth-order valence-corrected chi connectivity index (χ4v) is 4.69. The molecule has 1 aliphatic heterocycles. The van der Waals surface area contributed by atoms with Gasteiger partial charge in [0, 0.05) is 30.1 Å². The van der Waals surface area contributed by atoms with Crippen molar-refractivity contribution in [3.05, 3.63) is 29.4 Å². The Bertz CT molecular complexity index is 1150. The molecular weight excluding hydrogens is 454 g/mol. The molecule has 0 unspecified atom stereocenters. The van der Waals surface area contributed by atoms with Crippen molar-refractivity contribution in [2.75, 3.05) is 6.79 Å². The Morgan fingerprint density at radius 2 is 2.06 bits per heavy atom. The van der Waals surface area contributed by atoms with E-state index in [-0.39, 0.29) is 12.7 Å². The molecule has 0 aliphatic carbocycles. The highest BCUT2D eigenvalue weighted by Gasteiger charge is 2.20. The summed E-state index contributed by atoms with van der Waals surface area (Å²) < 4.78 is 13.0. The summed E-state index contributed by atoms with van der Waals surface area (Å²) in [5.74, 6) is 1.41. The van der Waals surface area contributed by atoms with E-state index < -0.39 is 0 Å². The van der Waals surface area contributed by atoms with Gasteiger partial charge in [-0.3, -0.25) is 10.0 Å².